The van der Waals surface area contributed by atoms with Gasteiger partial charge in [-0.2, -0.15) is 0 Å². The zero-order chi connectivity index (χ0) is 18.3. The Labute approximate surface area is 150 Å². The monoisotopic (exact) mass is 393 g/mol. The maximum atomic E-state index is 12.3. The first-order valence-corrected chi connectivity index (χ1v) is 9.71. The third-order valence-electron chi connectivity index (χ3n) is 3.83. The number of carbonyl (C=O) groups excluding carboxylic acids is 2. The average molecular weight is 394 g/mol. The number of nitrogens with one attached hydrogen (secondary N) is 1. The molecule has 6 nitrogen and oxygen atoms in total. The highest BCUT2D eigenvalue weighted by molar-refractivity contribution is 7.92. The molecule has 1 fully saturated rings. The molecule has 0 aromatic heterocycles. The summed E-state index contributed by atoms with van der Waals surface area (Å²) in [5.74, 6) is -1.03. The smallest absolute Gasteiger partial charge is 0.315 e. The van der Waals surface area contributed by atoms with E-state index in [4.69, 9.17) is 27.9 Å². The molecule has 0 aliphatic heterocycles. The third-order valence-corrected chi connectivity index (χ3v) is 5.54. The molecule has 1 aliphatic rings. The molecule has 2 atom stereocenters. The van der Waals surface area contributed by atoms with E-state index in [-0.39, 0.29) is 6.42 Å². The summed E-state index contributed by atoms with van der Waals surface area (Å²) in [7, 11) is -3.39. The summed E-state index contributed by atoms with van der Waals surface area (Å²) in [5, 5.41) is 0. The minimum Gasteiger partial charge on any atom is -0.454 e. The van der Waals surface area contributed by atoms with Gasteiger partial charge in [0.25, 0.3) is 0 Å². The lowest BCUT2D eigenvalue weighted by Gasteiger charge is -2.16. The van der Waals surface area contributed by atoms with Gasteiger partial charge in [-0.3, -0.25) is 14.3 Å². The lowest BCUT2D eigenvalue weighted by molar-refractivity contribution is -0.152. The number of anilines is 1. The summed E-state index contributed by atoms with van der Waals surface area (Å²) >= 11 is 11.8. The maximum Gasteiger partial charge on any atom is 0.315 e. The van der Waals surface area contributed by atoms with Crippen LogP contribution in [0.3, 0.4) is 0 Å². The quantitative estimate of drug-likeness (QED) is 0.455. The van der Waals surface area contributed by atoms with Crippen molar-refractivity contribution >= 4 is 50.7 Å². The lowest BCUT2D eigenvalue weighted by atomic mass is 10.1. The van der Waals surface area contributed by atoms with Gasteiger partial charge in [-0.1, -0.05) is 0 Å². The van der Waals surface area contributed by atoms with Crippen LogP contribution >= 0.6 is 23.2 Å². The second-order valence-corrected chi connectivity index (χ2v) is 9.31. The van der Waals surface area contributed by atoms with Gasteiger partial charge in [0.15, 0.2) is 6.10 Å². The Bertz CT molecular complexity index is 776. The number of sulfonamides is 1. The fraction of sp³-hybridized carbons (Fsp3) is 0.467. The van der Waals surface area contributed by atoms with Crippen LogP contribution in [0.5, 0.6) is 0 Å². The topological polar surface area (TPSA) is 89.5 Å². The first kappa shape index (κ1) is 19.0. The summed E-state index contributed by atoms with van der Waals surface area (Å²) < 4.78 is 28.6. The lowest BCUT2D eigenvalue weighted by Crippen LogP contribution is -2.30. The number of hydrogen-bond acceptors (Lipinski definition) is 5. The molecule has 1 aliphatic carbocycles. The molecule has 1 N–H and O–H groups in total. The number of alkyl halides is 2. The van der Waals surface area contributed by atoms with Crippen LogP contribution in [0, 0.1) is 5.41 Å². The number of Topliss-reactive ketones (excluding diaryl/α,β-unsaturated/α-hetero) is 1. The van der Waals surface area contributed by atoms with E-state index in [2.05, 4.69) is 4.72 Å². The van der Waals surface area contributed by atoms with Crippen LogP contribution in [0.15, 0.2) is 24.3 Å². The van der Waals surface area contributed by atoms with Crippen molar-refractivity contribution in [3.8, 4) is 0 Å². The Morgan fingerprint density at radius 3 is 2.17 bits per heavy atom. The molecular weight excluding hydrogens is 377 g/mol. The maximum absolute atomic E-state index is 12.3. The summed E-state index contributed by atoms with van der Waals surface area (Å²) in [6.45, 7) is 3.04. The van der Waals surface area contributed by atoms with E-state index in [1.165, 1.54) is 31.2 Å². The van der Waals surface area contributed by atoms with Gasteiger partial charge in [0.2, 0.25) is 15.8 Å². The number of halogens is 2. The van der Waals surface area contributed by atoms with Gasteiger partial charge in [0, 0.05) is 17.7 Å². The molecule has 1 aromatic carbocycles. The van der Waals surface area contributed by atoms with Crippen LogP contribution in [0.1, 0.15) is 30.6 Å². The number of esters is 1. The third kappa shape index (κ3) is 4.02. The van der Waals surface area contributed by atoms with E-state index in [0.717, 1.165) is 6.26 Å². The minimum atomic E-state index is -3.39. The molecule has 0 unspecified atom stereocenters. The molecule has 0 saturated heterocycles. The van der Waals surface area contributed by atoms with Gasteiger partial charge in [-0.25, -0.2) is 8.42 Å². The average Bonchev–Trinajstić information content (AvgIpc) is 2.97. The van der Waals surface area contributed by atoms with Gasteiger partial charge in [0.1, 0.15) is 9.75 Å². The summed E-state index contributed by atoms with van der Waals surface area (Å²) in [6, 6.07) is 5.81. The van der Waals surface area contributed by atoms with E-state index >= 15 is 0 Å². The molecule has 0 radical (unpaired) electrons. The fourth-order valence-electron chi connectivity index (χ4n) is 2.12. The van der Waals surface area contributed by atoms with Crippen molar-refractivity contribution in [2.75, 3.05) is 11.0 Å². The fourth-order valence-corrected chi connectivity index (χ4v) is 3.37. The van der Waals surface area contributed by atoms with E-state index in [1.54, 1.807) is 6.92 Å². The Morgan fingerprint density at radius 1 is 1.25 bits per heavy atom. The number of rotatable bonds is 6. The first-order chi connectivity index (χ1) is 10.9. The molecule has 1 saturated carbocycles. The minimum absolute atomic E-state index is 0.273. The molecule has 0 spiro atoms. The van der Waals surface area contributed by atoms with E-state index in [9.17, 15) is 18.0 Å². The largest absolute Gasteiger partial charge is 0.454 e. The SMILES string of the molecule is C[C@@H](OC(=O)[C@@]1(C)CC1(Cl)Cl)C(=O)c1ccc(NS(C)(=O)=O)cc1. The molecule has 24 heavy (non-hydrogen) atoms. The van der Waals surface area contributed by atoms with Crippen molar-refractivity contribution in [3.63, 3.8) is 0 Å². The molecular formula is C15H17Cl2NO5S. The zero-order valence-electron chi connectivity index (χ0n) is 13.3. The number of benzene rings is 1. The highest BCUT2D eigenvalue weighted by Gasteiger charge is 2.69. The van der Waals surface area contributed by atoms with Gasteiger partial charge in [-0.15, -0.1) is 23.2 Å². The molecule has 2 rings (SSSR count). The van der Waals surface area contributed by atoms with Crippen molar-refractivity contribution in [3.05, 3.63) is 29.8 Å². The molecule has 0 heterocycles. The van der Waals surface area contributed by atoms with Crippen LogP contribution in [0.25, 0.3) is 0 Å². The Kier molecular flexibility index (Phi) is 4.92. The van der Waals surface area contributed by atoms with Crippen molar-refractivity contribution in [1.82, 2.24) is 0 Å². The summed E-state index contributed by atoms with van der Waals surface area (Å²) in [5.41, 5.74) is -0.384. The second kappa shape index (κ2) is 6.20. The van der Waals surface area contributed by atoms with Crippen LogP contribution in [0.4, 0.5) is 5.69 Å². The molecule has 0 amide bonds. The molecule has 1 aromatic rings. The second-order valence-electron chi connectivity index (χ2n) is 6.08. The summed E-state index contributed by atoms with van der Waals surface area (Å²) in [4.78, 5) is 24.4. The van der Waals surface area contributed by atoms with Crippen LogP contribution in [-0.2, 0) is 19.6 Å². The van der Waals surface area contributed by atoms with Gasteiger partial charge < -0.3 is 4.74 Å². The molecule has 0 bridgehead atoms. The highest BCUT2D eigenvalue weighted by atomic mass is 35.5. The van der Waals surface area contributed by atoms with Crippen molar-refractivity contribution in [1.29, 1.82) is 0 Å². The van der Waals surface area contributed by atoms with E-state index in [0.29, 0.717) is 11.3 Å². The highest BCUT2D eigenvalue weighted by Crippen LogP contribution is 2.64. The van der Waals surface area contributed by atoms with Crippen molar-refractivity contribution < 1.29 is 22.7 Å². The van der Waals surface area contributed by atoms with Crippen molar-refractivity contribution in [2.24, 2.45) is 5.41 Å². The molecule has 132 valence electrons. The number of hydrogen-bond donors (Lipinski definition) is 1. The van der Waals surface area contributed by atoms with Gasteiger partial charge >= 0.3 is 5.97 Å². The summed E-state index contributed by atoms with van der Waals surface area (Å²) in [6.07, 6.45) is 0.293. The Morgan fingerprint density at radius 2 is 1.75 bits per heavy atom. The van der Waals surface area contributed by atoms with Crippen LogP contribution in [0.2, 0.25) is 0 Å². The van der Waals surface area contributed by atoms with E-state index < -0.39 is 37.6 Å². The zero-order valence-corrected chi connectivity index (χ0v) is 15.6. The predicted octanol–water partition coefficient (Wildman–Crippen LogP) is 2.76. The Balaban J connectivity index is 2.02. The van der Waals surface area contributed by atoms with Crippen molar-refractivity contribution in [2.45, 2.75) is 30.7 Å². The number of ether oxygens (including phenoxy) is 1. The standard InChI is InChI=1S/C15H17Cl2NO5S/c1-9(23-13(20)14(2)8-15(14,16)17)12(19)10-4-6-11(7-5-10)18-24(3,21)22/h4-7,9,18H,8H2,1-3H3/t9-,14-/m1/s1. The Hall–Kier alpha value is -1.31. The predicted molar refractivity (Wildman–Crippen MR) is 92.0 cm³/mol. The van der Waals surface area contributed by atoms with Gasteiger partial charge in [0.05, 0.1) is 6.26 Å². The number of ketones is 1. The van der Waals surface area contributed by atoms with Crippen LogP contribution < -0.4 is 4.72 Å². The molecule has 9 heteroatoms. The first-order valence-electron chi connectivity index (χ1n) is 7.07. The van der Waals surface area contributed by atoms with E-state index in [1.807, 2.05) is 0 Å². The van der Waals surface area contributed by atoms with Gasteiger partial charge in [-0.05, 0) is 38.1 Å². The van der Waals surface area contributed by atoms with Crippen LogP contribution in [-0.4, -0.2) is 36.9 Å². The normalized spacial score (nSPS) is 23.2. The number of carbonyl (C=O) groups is 2.